The first-order valence-electron chi connectivity index (χ1n) is 17.3. The van der Waals surface area contributed by atoms with Gasteiger partial charge in [0.25, 0.3) is 5.24 Å². The number of fused-ring (bicyclic) bond motifs is 2. The van der Waals surface area contributed by atoms with Crippen molar-refractivity contribution in [1.82, 2.24) is 14.6 Å². The van der Waals surface area contributed by atoms with Crippen LogP contribution in [-0.2, 0) is 14.8 Å². The van der Waals surface area contributed by atoms with Crippen molar-refractivity contribution in [3.8, 4) is 22.8 Å². The first kappa shape index (κ1) is 35.4. The molecule has 0 aliphatic carbocycles. The summed E-state index contributed by atoms with van der Waals surface area (Å²) in [7, 11) is -3.80. The van der Waals surface area contributed by atoms with Gasteiger partial charge in [-0.15, -0.1) is 6.58 Å². The van der Waals surface area contributed by atoms with Gasteiger partial charge in [-0.3, -0.25) is 9.59 Å². The van der Waals surface area contributed by atoms with E-state index in [4.69, 9.17) is 9.72 Å². The second-order valence-electron chi connectivity index (χ2n) is 13.4. The van der Waals surface area contributed by atoms with E-state index in [1.165, 1.54) is 30.8 Å². The van der Waals surface area contributed by atoms with Gasteiger partial charge in [0, 0.05) is 42.7 Å². The van der Waals surface area contributed by atoms with Crippen LogP contribution in [0.4, 0.5) is 10.5 Å². The lowest BCUT2D eigenvalue weighted by Crippen LogP contribution is -2.44. The van der Waals surface area contributed by atoms with Crippen LogP contribution < -0.4 is 14.8 Å². The number of benzene rings is 4. The Kier molecular flexibility index (Phi) is 10.2. The summed E-state index contributed by atoms with van der Waals surface area (Å²) in [5, 5.41) is 3.61. The Balaban J connectivity index is 1.12. The molecule has 1 aromatic heterocycles. The molecule has 9 nitrogen and oxygen atoms in total. The van der Waals surface area contributed by atoms with E-state index < -0.39 is 10.0 Å². The molecule has 3 heterocycles. The second-order valence-corrected chi connectivity index (χ2v) is 16.2. The van der Waals surface area contributed by atoms with Gasteiger partial charge < -0.3 is 15.0 Å². The maximum atomic E-state index is 13.5. The normalized spacial score (nSPS) is 19.2. The van der Waals surface area contributed by atoms with Gasteiger partial charge in [-0.25, -0.2) is 18.1 Å². The Labute approximate surface area is 308 Å². The highest BCUT2D eigenvalue weighted by Crippen LogP contribution is 2.51. The number of hydrogen-bond acceptors (Lipinski definition) is 7. The number of carbonyl (C=O) groups excluding carboxylic acids is 2. The summed E-state index contributed by atoms with van der Waals surface area (Å²) in [6.07, 6.45) is 3.29. The minimum Gasteiger partial charge on any atom is -0.457 e. The Morgan fingerprint density at radius 3 is 2.46 bits per heavy atom. The zero-order chi connectivity index (χ0) is 36.4. The first-order valence-corrected chi connectivity index (χ1v) is 19.7. The Morgan fingerprint density at radius 2 is 1.75 bits per heavy atom. The third-order valence-electron chi connectivity index (χ3n) is 9.83. The minimum absolute atomic E-state index is 0.0635. The van der Waals surface area contributed by atoms with Gasteiger partial charge in [0.15, 0.2) is 0 Å². The van der Waals surface area contributed by atoms with Gasteiger partial charge in [0.1, 0.15) is 11.5 Å². The number of nitrogens with zero attached hydrogens (tertiary/aromatic N) is 2. The van der Waals surface area contributed by atoms with E-state index in [9.17, 15) is 18.0 Å². The molecule has 11 heteroatoms. The van der Waals surface area contributed by atoms with Crippen molar-refractivity contribution in [2.45, 2.75) is 42.9 Å². The van der Waals surface area contributed by atoms with Crippen molar-refractivity contribution >= 4 is 49.5 Å². The number of ether oxygens (including phenoxy) is 1. The van der Waals surface area contributed by atoms with Crippen LogP contribution in [0.25, 0.3) is 22.2 Å². The van der Waals surface area contributed by atoms with Gasteiger partial charge in [0.2, 0.25) is 15.9 Å². The maximum absolute atomic E-state index is 13.5. The number of aryl methyl sites for hydroxylation is 1. The molecule has 2 fully saturated rings. The monoisotopic (exact) mass is 732 g/mol. The standard InChI is InChI=1S/C41H40N4O5S2/c1-4-28(25-42-52(48,49)34-17-13-31(14-18-34)43-27(3)46)30-20-21-45-39(23-30)40(51-41(45)47)36-24-38(44-37-19-10-26(2)22-35(36)37)29-11-15-33(16-12-29)50-32-8-6-5-7-9-32/h4-19,22,24,28,30,39-40,42H,1,20-21,23,25H2,2-3H3,(H,43,46)/t28-,30-,39-,40+/m0/s1. The van der Waals surface area contributed by atoms with Gasteiger partial charge in [-0.05, 0) is 116 Å². The molecule has 2 N–H and O–H groups in total. The van der Waals surface area contributed by atoms with Gasteiger partial charge in [-0.1, -0.05) is 47.7 Å². The van der Waals surface area contributed by atoms with Crippen molar-refractivity contribution in [3.63, 3.8) is 0 Å². The molecule has 7 rings (SSSR count). The fourth-order valence-electron chi connectivity index (χ4n) is 7.17. The molecule has 0 bridgehead atoms. The summed E-state index contributed by atoms with van der Waals surface area (Å²) in [5.41, 5.74) is 5.34. The first-order chi connectivity index (χ1) is 25.1. The fraction of sp³-hybridized carbons (Fsp3) is 0.244. The van der Waals surface area contributed by atoms with E-state index in [0.29, 0.717) is 18.7 Å². The van der Waals surface area contributed by atoms with Crippen molar-refractivity contribution in [2.24, 2.45) is 11.8 Å². The van der Waals surface area contributed by atoms with E-state index in [0.717, 1.165) is 51.2 Å². The van der Waals surface area contributed by atoms with Crippen LogP contribution in [0.1, 0.15) is 36.1 Å². The van der Waals surface area contributed by atoms with Crippen LogP contribution in [0, 0.1) is 18.8 Å². The topological polar surface area (TPSA) is 118 Å². The molecule has 2 aliphatic heterocycles. The summed E-state index contributed by atoms with van der Waals surface area (Å²) in [4.78, 5) is 32.0. The Hall–Kier alpha value is -4.97. The Bertz CT molecular complexity index is 2230. The van der Waals surface area contributed by atoms with Crippen LogP contribution in [0.3, 0.4) is 0 Å². The quantitative estimate of drug-likeness (QED) is 0.131. The molecule has 0 unspecified atom stereocenters. The molecule has 52 heavy (non-hydrogen) atoms. The third-order valence-corrected chi connectivity index (χ3v) is 12.5. The summed E-state index contributed by atoms with van der Waals surface area (Å²) in [6.45, 7) is 8.32. The summed E-state index contributed by atoms with van der Waals surface area (Å²) in [5.74, 6) is 1.24. The largest absolute Gasteiger partial charge is 0.457 e. The molecule has 0 spiro atoms. The molecule has 5 aromatic rings. The summed E-state index contributed by atoms with van der Waals surface area (Å²) in [6, 6.07) is 31.9. The van der Waals surface area contributed by atoms with Crippen LogP contribution in [0.5, 0.6) is 11.5 Å². The van der Waals surface area contributed by atoms with E-state index in [1.54, 1.807) is 12.1 Å². The molecule has 4 atom stereocenters. The summed E-state index contributed by atoms with van der Waals surface area (Å²) >= 11 is 1.37. The second kappa shape index (κ2) is 14.9. The van der Waals surface area contributed by atoms with Crippen molar-refractivity contribution in [3.05, 3.63) is 127 Å². The SMILES string of the molecule is C=C[C@@H](CNS(=O)(=O)c1ccc(NC(C)=O)cc1)[C@H]1CCN2C(=O)S[C@H](c3cc(-c4ccc(Oc5ccccc5)cc4)nc4ccc(C)cc34)[C@@H]2C1. The van der Waals surface area contributed by atoms with E-state index in [2.05, 4.69) is 41.7 Å². The molecule has 2 aliphatic rings. The average Bonchev–Trinajstić information content (AvgIpc) is 3.47. The molecule has 2 saturated heterocycles. The number of para-hydroxylation sites is 1. The van der Waals surface area contributed by atoms with Gasteiger partial charge >= 0.3 is 0 Å². The minimum atomic E-state index is -3.80. The number of carbonyl (C=O) groups is 2. The van der Waals surface area contributed by atoms with Crippen LogP contribution in [0.15, 0.2) is 121 Å². The molecule has 2 amide bonds. The number of amides is 2. The zero-order valence-electron chi connectivity index (χ0n) is 29.0. The number of hydrogen-bond donors (Lipinski definition) is 2. The average molecular weight is 733 g/mol. The smallest absolute Gasteiger partial charge is 0.282 e. The molecule has 0 saturated carbocycles. The van der Waals surface area contributed by atoms with Crippen molar-refractivity contribution < 1.29 is 22.7 Å². The van der Waals surface area contributed by atoms with Crippen molar-refractivity contribution in [1.29, 1.82) is 0 Å². The number of pyridine rings is 1. The third kappa shape index (κ3) is 7.62. The highest BCUT2D eigenvalue weighted by Gasteiger charge is 2.46. The molecular formula is C41H40N4O5S2. The van der Waals surface area contributed by atoms with Crippen LogP contribution in [-0.4, -0.2) is 48.6 Å². The van der Waals surface area contributed by atoms with Crippen molar-refractivity contribution in [2.75, 3.05) is 18.4 Å². The van der Waals surface area contributed by atoms with E-state index >= 15 is 0 Å². The number of rotatable bonds is 11. The zero-order valence-corrected chi connectivity index (χ0v) is 30.6. The van der Waals surface area contributed by atoms with E-state index in [-0.39, 0.29) is 45.7 Å². The summed E-state index contributed by atoms with van der Waals surface area (Å²) < 4.78 is 35.3. The fourth-order valence-corrected chi connectivity index (χ4v) is 9.56. The van der Waals surface area contributed by atoms with Crippen LogP contribution >= 0.6 is 11.8 Å². The highest BCUT2D eigenvalue weighted by molar-refractivity contribution is 8.14. The van der Waals surface area contributed by atoms with Gasteiger partial charge in [0.05, 0.1) is 21.4 Å². The van der Waals surface area contributed by atoms with Crippen LogP contribution in [0.2, 0.25) is 0 Å². The molecular weight excluding hydrogens is 693 g/mol. The van der Waals surface area contributed by atoms with E-state index in [1.807, 2.05) is 71.6 Å². The lowest BCUT2D eigenvalue weighted by Gasteiger charge is -2.39. The number of sulfonamides is 1. The highest BCUT2D eigenvalue weighted by atomic mass is 32.2. The molecule has 0 radical (unpaired) electrons. The Morgan fingerprint density at radius 1 is 1.02 bits per heavy atom. The number of nitrogens with one attached hydrogen (secondary N) is 2. The number of piperidine rings is 1. The lowest BCUT2D eigenvalue weighted by molar-refractivity contribution is -0.114. The van der Waals surface area contributed by atoms with Gasteiger partial charge in [-0.2, -0.15) is 0 Å². The lowest BCUT2D eigenvalue weighted by atomic mass is 9.79. The number of aromatic nitrogens is 1. The predicted molar refractivity (Wildman–Crippen MR) is 207 cm³/mol. The number of thioether (sulfide) groups is 1. The molecule has 266 valence electrons. The predicted octanol–water partition coefficient (Wildman–Crippen LogP) is 8.73. The number of anilines is 1. The maximum Gasteiger partial charge on any atom is 0.282 e. The molecule has 4 aromatic carbocycles.